The highest BCUT2D eigenvalue weighted by molar-refractivity contribution is 5.31. The number of nitrogens with one attached hydrogen (secondary N) is 1. The first-order valence-electron chi connectivity index (χ1n) is 7.63. The summed E-state index contributed by atoms with van der Waals surface area (Å²) in [5.74, 6) is -1.61. The first-order chi connectivity index (χ1) is 10.2. The van der Waals surface area contributed by atoms with Gasteiger partial charge >= 0.3 is 0 Å². The summed E-state index contributed by atoms with van der Waals surface area (Å²) in [6, 6.07) is 2.64. The van der Waals surface area contributed by atoms with Crippen LogP contribution in [0.5, 0.6) is 5.75 Å². The molecular formula is C16H23F2NO2. The molecule has 0 bridgehead atoms. The number of benzene rings is 1. The van der Waals surface area contributed by atoms with Crippen molar-refractivity contribution in [1.82, 2.24) is 5.32 Å². The zero-order chi connectivity index (χ0) is 15.1. The molecule has 1 heterocycles. The SMILES string of the molecule is CCCNCc1cc(F)c(OCC2CCCCO2)c(F)c1. The summed E-state index contributed by atoms with van der Waals surface area (Å²) in [6.45, 7) is 4.20. The molecule has 0 aliphatic carbocycles. The van der Waals surface area contributed by atoms with Crippen molar-refractivity contribution in [3.05, 3.63) is 29.3 Å². The molecule has 0 spiro atoms. The summed E-state index contributed by atoms with van der Waals surface area (Å²) in [4.78, 5) is 0. The molecule has 1 atom stereocenters. The second-order valence-electron chi connectivity index (χ2n) is 5.36. The summed E-state index contributed by atoms with van der Waals surface area (Å²) in [6.07, 6.45) is 3.90. The van der Waals surface area contributed by atoms with Crippen LogP contribution in [0.15, 0.2) is 12.1 Å². The third-order valence-electron chi connectivity index (χ3n) is 3.50. The van der Waals surface area contributed by atoms with Gasteiger partial charge in [-0.2, -0.15) is 0 Å². The summed E-state index contributed by atoms with van der Waals surface area (Å²) >= 11 is 0. The second kappa shape index (κ2) is 8.29. The smallest absolute Gasteiger partial charge is 0.190 e. The molecule has 3 nitrogen and oxygen atoms in total. The van der Waals surface area contributed by atoms with E-state index in [4.69, 9.17) is 9.47 Å². The van der Waals surface area contributed by atoms with Crippen molar-refractivity contribution in [3.63, 3.8) is 0 Å². The van der Waals surface area contributed by atoms with E-state index >= 15 is 0 Å². The fourth-order valence-electron chi connectivity index (χ4n) is 2.38. The summed E-state index contributed by atoms with van der Waals surface area (Å²) in [7, 11) is 0. The van der Waals surface area contributed by atoms with E-state index < -0.39 is 11.6 Å². The Morgan fingerprint density at radius 3 is 2.67 bits per heavy atom. The minimum absolute atomic E-state index is 0.0663. The van der Waals surface area contributed by atoms with E-state index in [1.165, 1.54) is 12.1 Å². The molecule has 5 heteroatoms. The Hall–Kier alpha value is -1.20. The van der Waals surface area contributed by atoms with Crippen LogP contribution >= 0.6 is 0 Å². The minimum Gasteiger partial charge on any atom is -0.485 e. The Bertz CT molecular complexity index is 425. The lowest BCUT2D eigenvalue weighted by Gasteiger charge is -2.22. The molecule has 118 valence electrons. The van der Waals surface area contributed by atoms with Gasteiger partial charge in [-0.3, -0.25) is 0 Å². The van der Waals surface area contributed by atoms with Crippen molar-refractivity contribution in [2.24, 2.45) is 0 Å². The van der Waals surface area contributed by atoms with Gasteiger partial charge in [-0.25, -0.2) is 8.78 Å². The fourth-order valence-corrected chi connectivity index (χ4v) is 2.38. The summed E-state index contributed by atoms with van der Waals surface area (Å²) in [5, 5.41) is 3.11. The lowest BCUT2D eigenvalue weighted by atomic mass is 10.1. The molecule has 1 unspecified atom stereocenters. The van der Waals surface area contributed by atoms with Crippen molar-refractivity contribution in [1.29, 1.82) is 0 Å². The fraction of sp³-hybridized carbons (Fsp3) is 0.625. The summed E-state index contributed by atoms with van der Waals surface area (Å²) in [5.41, 5.74) is 0.583. The van der Waals surface area contributed by atoms with Crippen LogP contribution in [0.4, 0.5) is 8.78 Å². The highest BCUT2D eigenvalue weighted by atomic mass is 19.1. The molecule has 1 aliphatic heterocycles. The summed E-state index contributed by atoms with van der Waals surface area (Å²) < 4.78 is 38.7. The van der Waals surface area contributed by atoms with Gasteiger partial charge < -0.3 is 14.8 Å². The molecule has 21 heavy (non-hydrogen) atoms. The predicted molar refractivity (Wildman–Crippen MR) is 77.4 cm³/mol. The molecule has 1 aliphatic rings. The van der Waals surface area contributed by atoms with Crippen LogP contribution in [0, 0.1) is 11.6 Å². The van der Waals surface area contributed by atoms with Gasteiger partial charge in [0.15, 0.2) is 17.4 Å². The van der Waals surface area contributed by atoms with Crippen molar-refractivity contribution < 1.29 is 18.3 Å². The highest BCUT2D eigenvalue weighted by Gasteiger charge is 2.18. The Morgan fingerprint density at radius 2 is 2.05 bits per heavy atom. The van der Waals surface area contributed by atoms with E-state index in [0.29, 0.717) is 18.7 Å². The highest BCUT2D eigenvalue weighted by Crippen LogP contribution is 2.24. The Labute approximate surface area is 124 Å². The molecule has 1 saturated heterocycles. The lowest BCUT2D eigenvalue weighted by molar-refractivity contribution is -0.0124. The molecule has 1 N–H and O–H groups in total. The minimum atomic E-state index is -0.654. The Balaban J connectivity index is 1.92. The Kier molecular flexibility index (Phi) is 6.39. The quantitative estimate of drug-likeness (QED) is 0.783. The molecule has 1 aromatic carbocycles. The van der Waals surface area contributed by atoms with Crippen LogP contribution in [0.2, 0.25) is 0 Å². The third kappa shape index (κ3) is 4.93. The topological polar surface area (TPSA) is 30.5 Å². The number of rotatable bonds is 7. The molecule has 2 rings (SSSR count). The van der Waals surface area contributed by atoms with E-state index in [1.807, 2.05) is 6.92 Å². The van der Waals surface area contributed by atoms with Crippen LogP contribution in [-0.4, -0.2) is 25.9 Å². The monoisotopic (exact) mass is 299 g/mol. The maximum absolute atomic E-state index is 13.9. The van der Waals surface area contributed by atoms with Gasteiger partial charge in [-0.1, -0.05) is 6.92 Å². The largest absolute Gasteiger partial charge is 0.485 e. The second-order valence-corrected chi connectivity index (χ2v) is 5.36. The van der Waals surface area contributed by atoms with Gasteiger partial charge in [0.25, 0.3) is 0 Å². The van der Waals surface area contributed by atoms with Crippen molar-refractivity contribution in [2.45, 2.75) is 45.3 Å². The first-order valence-corrected chi connectivity index (χ1v) is 7.63. The molecular weight excluding hydrogens is 276 g/mol. The van der Waals surface area contributed by atoms with Gasteiger partial charge in [0.2, 0.25) is 0 Å². The van der Waals surface area contributed by atoms with Gasteiger partial charge in [-0.05, 0) is 49.9 Å². The molecule has 0 aromatic heterocycles. The van der Waals surface area contributed by atoms with E-state index in [2.05, 4.69) is 5.32 Å². The zero-order valence-electron chi connectivity index (χ0n) is 12.5. The van der Waals surface area contributed by atoms with Gasteiger partial charge in [0, 0.05) is 13.2 Å². The molecule has 0 amide bonds. The average molecular weight is 299 g/mol. The van der Waals surface area contributed by atoms with Crippen molar-refractivity contribution >= 4 is 0 Å². The van der Waals surface area contributed by atoms with Crippen molar-refractivity contribution in [3.8, 4) is 5.75 Å². The number of halogens is 2. The van der Waals surface area contributed by atoms with Crippen LogP contribution in [0.3, 0.4) is 0 Å². The van der Waals surface area contributed by atoms with E-state index in [9.17, 15) is 8.78 Å². The maximum atomic E-state index is 13.9. The normalized spacial score (nSPS) is 18.7. The lowest BCUT2D eigenvalue weighted by Crippen LogP contribution is -2.26. The van der Waals surface area contributed by atoms with Gasteiger partial charge in [0.1, 0.15) is 6.61 Å². The van der Waals surface area contributed by atoms with Crippen LogP contribution in [0.25, 0.3) is 0 Å². The van der Waals surface area contributed by atoms with Crippen molar-refractivity contribution in [2.75, 3.05) is 19.8 Å². The number of hydrogen-bond acceptors (Lipinski definition) is 3. The van der Waals surface area contributed by atoms with E-state index in [1.54, 1.807) is 0 Å². The third-order valence-corrected chi connectivity index (χ3v) is 3.50. The molecule has 1 fully saturated rings. The van der Waals surface area contributed by atoms with Gasteiger partial charge in [-0.15, -0.1) is 0 Å². The zero-order valence-corrected chi connectivity index (χ0v) is 12.5. The Morgan fingerprint density at radius 1 is 1.29 bits per heavy atom. The van der Waals surface area contributed by atoms with Crippen LogP contribution in [0.1, 0.15) is 38.2 Å². The van der Waals surface area contributed by atoms with Gasteiger partial charge in [0.05, 0.1) is 6.10 Å². The number of hydrogen-bond donors (Lipinski definition) is 1. The molecule has 0 saturated carbocycles. The van der Waals surface area contributed by atoms with Crippen LogP contribution in [-0.2, 0) is 11.3 Å². The molecule has 1 aromatic rings. The molecule has 0 radical (unpaired) electrons. The average Bonchev–Trinajstić information content (AvgIpc) is 2.48. The number of ether oxygens (including phenoxy) is 2. The first kappa shape index (κ1) is 16.2. The standard InChI is InChI=1S/C16H23F2NO2/c1-2-6-19-10-12-8-14(17)16(15(18)9-12)21-11-13-5-3-4-7-20-13/h8-9,13,19H,2-7,10-11H2,1H3. The van der Waals surface area contributed by atoms with E-state index in [0.717, 1.165) is 32.2 Å². The maximum Gasteiger partial charge on any atom is 0.190 e. The van der Waals surface area contributed by atoms with Crippen LogP contribution < -0.4 is 10.1 Å². The van der Waals surface area contributed by atoms with E-state index in [-0.39, 0.29) is 18.5 Å². The predicted octanol–water partition coefficient (Wildman–Crippen LogP) is 3.41.